The van der Waals surface area contributed by atoms with Crippen molar-refractivity contribution in [3.63, 3.8) is 0 Å². The van der Waals surface area contributed by atoms with Gasteiger partial charge in [0.15, 0.2) is 11.4 Å². The van der Waals surface area contributed by atoms with Crippen molar-refractivity contribution in [1.82, 2.24) is 24.5 Å². The monoisotopic (exact) mass is 351 g/mol. The molecule has 0 aliphatic rings. The topological polar surface area (TPSA) is 74.8 Å². The van der Waals surface area contributed by atoms with Crippen LogP contribution in [-0.2, 0) is 0 Å². The van der Waals surface area contributed by atoms with Crippen molar-refractivity contribution in [1.29, 1.82) is 0 Å². The van der Waals surface area contributed by atoms with E-state index in [4.69, 9.17) is 4.74 Å². The number of para-hydroxylation sites is 1. The molecule has 0 N–H and O–H groups in total. The van der Waals surface area contributed by atoms with Gasteiger partial charge in [0.1, 0.15) is 0 Å². The molecule has 1 aromatic carbocycles. The Morgan fingerprint density at radius 3 is 2.68 bits per heavy atom. The van der Waals surface area contributed by atoms with Crippen LogP contribution in [0.5, 0.6) is 5.75 Å². The third kappa shape index (κ3) is 2.72. The smallest absolute Gasteiger partial charge is 0.251 e. The zero-order valence-electron chi connectivity index (χ0n) is 13.2. The van der Waals surface area contributed by atoms with Crippen molar-refractivity contribution >= 4 is 11.3 Å². The molecule has 4 aromatic rings. The maximum atomic E-state index is 12.7. The fourth-order valence-corrected chi connectivity index (χ4v) is 3.03. The van der Waals surface area contributed by atoms with Gasteiger partial charge in [-0.2, -0.15) is 10.2 Å². The van der Waals surface area contributed by atoms with E-state index in [0.29, 0.717) is 10.8 Å². The van der Waals surface area contributed by atoms with Crippen molar-refractivity contribution in [2.24, 2.45) is 0 Å². The second kappa shape index (κ2) is 6.33. The summed E-state index contributed by atoms with van der Waals surface area (Å²) in [6.07, 6.45) is 4.85. The largest absolute Gasteiger partial charge is 0.491 e. The number of ether oxygens (including phenoxy) is 1. The molecule has 0 radical (unpaired) electrons. The average molecular weight is 351 g/mol. The van der Waals surface area contributed by atoms with E-state index < -0.39 is 0 Å². The Balaban J connectivity index is 1.94. The van der Waals surface area contributed by atoms with E-state index in [1.165, 1.54) is 24.6 Å². The van der Waals surface area contributed by atoms with Crippen molar-refractivity contribution in [2.75, 3.05) is 7.11 Å². The number of rotatable bonds is 4. The lowest BCUT2D eigenvalue weighted by atomic mass is 10.2. The first-order chi connectivity index (χ1) is 12.3. The highest BCUT2D eigenvalue weighted by Crippen LogP contribution is 2.21. The number of aromatic nitrogens is 5. The molecule has 0 unspecified atom stereocenters. The van der Waals surface area contributed by atoms with Crippen LogP contribution < -0.4 is 10.2 Å². The molecule has 8 heteroatoms. The quantitative estimate of drug-likeness (QED) is 0.565. The van der Waals surface area contributed by atoms with E-state index in [1.807, 2.05) is 35.7 Å². The van der Waals surface area contributed by atoms with Crippen LogP contribution in [-0.4, -0.2) is 31.7 Å². The lowest BCUT2D eigenvalue weighted by Crippen LogP contribution is -2.17. The summed E-state index contributed by atoms with van der Waals surface area (Å²) in [6, 6.07) is 11.3. The van der Waals surface area contributed by atoms with Crippen LogP contribution in [0, 0.1) is 0 Å². The van der Waals surface area contributed by atoms with E-state index >= 15 is 0 Å². The minimum absolute atomic E-state index is 0.195. The summed E-state index contributed by atoms with van der Waals surface area (Å²) in [5.41, 5.74) is 1.37. The molecule has 0 aliphatic carbocycles. The van der Waals surface area contributed by atoms with Crippen LogP contribution in [0.25, 0.3) is 22.2 Å². The zero-order valence-corrected chi connectivity index (χ0v) is 14.1. The predicted molar refractivity (Wildman–Crippen MR) is 94.6 cm³/mol. The minimum atomic E-state index is -0.298. The molecule has 0 atom stereocenters. The number of hydrogen-bond donors (Lipinski definition) is 0. The molecular formula is C17H13N5O2S. The van der Waals surface area contributed by atoms with Gasteiger partial charge in [-0.15, -0.1) is 11.3 Å². The SMILES string of the molecule is COc1cn(-c2nccs2)nc(-c2ccnn2-c2ccccc2)c1=O. The Hall–Kier alpha value is -3.26. The summed E-state index contributed by atoms with van der Waals surface area (Å²) in [4.78, 5) is 17.0. The Labute approximate surface area is 146 Å². The van der Waals surface area contributed by atoms with Crippen LogP contribution in [0.4, 0.5) is 0 Å². The number of benzene rings is 1. The van der Waals surface area contributed by atoms with Crippen LogP contribution in [0.3, 0.4) is 0 Å². The van der Waals surface area contributed by atoms with Crippen LogP contribution in [0.2, 0.25) is 0 Å². The molecule has 0 saturated heterocycles. The molecule has 7 nitrogen and oxygen atoms in total. The molecule has 0 saturated carbocycles. The van der Waals surface area contributed by atoms with Gasteiger partial charge in [-0.25, -0.2) is 14.3 Å². The Kier molecular flexibility index (Phi) is 3.87. The van der Waals surface area contributed by atoms with Gasteiger partial charge in [-0.1, -0.05) is 18.2 Å². The normalized spacial score (nSPS) is 10.8. The van der Waals surface area contributed by atoms with Gasteiger partial charge in [-0.3, -0.25) is 4.79 Å². The fourth-order valence-electron chi connectivity index (χ4n) is 2.47. The van der Waals surface area contributed by atoms with E-state index in [0.717, 1.165) is 5.69 Å². The maximum absolute atomic E-state index is 12.7. The summed E-state index contributed by atoms with van der Waals surface area (Å²) in [7, 11) is 1.46. The molecular weight excluding hydrogens is 338 g/mol. The average Bonchev–Trinajstić information content (AvgIpc) is 3.34. The van der Waals surface area contributed by atoms with Gasteiger partial charge in [0.05, 0.1) is 30.9 Å². The first-order valence-electron chi connectivity index (χ1n) is 7.45. The Bertz CT molecular complexity index is 1050. The second-order valence-electron chi connectivity index (χ2n) is 5.10. The number of hydrogen-bond acceptors (Lipinski definition) is 6. The van der Waals surface area contributed by atoms with Crippen LogP contribution in [0.15, 0.2) is 65.2 Å². The standard InChI is InChI=1S/C17H13N5O2S/c1-24-14-11-21(17-18-9-10-25-17)20-15(16(14)23)13-7-8-19-22(13)12-5-3-2-4-6-12/h2-11H,1H3. The highest BCUT2D eigenvalue weighted by Gasteiger charge is 2.18. The molecule has 4 rings (SSSR count). The van der Waals surface area contributed by atoms with E-state index in [9.17, 15) is 4.79 Å². The summed E-state index contributed by atoms with van der Waals surface area (Å²) in [5, 5.41) is 11.3. The molecule has 0 aliphatic heterocycles. The van der Waals surface area contributed by atoms with E-state index in [2.05, 4.69) is 15.2 Å². The molecule has 0 bridgehead atoms. The van der Waals surface area contributed by atoms with Crippen molar-refractivity contribution in [3.8, 4) is 28.0 Å². The molecule has 3 aromatic heterocycles. The number of nitrogens with zero attached hydrogens (tertiary/aromatic N) is 5. The Morgan fingerprint density at radius 1 is 1.12 bits per heavy atom. The molecule has 0 spiro atoms. The lowest BCUT2D eigenvalue weighted by Gasteiger charge is -2.10. The highest BCUT2D eigenvalue weighted by molar-refractivity contribution is 7.12. The van der Waals surface area contributed by atoms with Gasteiger partial charge in [0, 0.05) is 11.6 Å². The summed E-state index contributed by atoms with van der Waals surface area (Å²) < 4.78 is 8.46. The molecule has 3 heterocycles. The number of thiazole rings is 1. The molecule has 0 amide bonds. The minimum Gasteiger partial charge on any atom is -0.491 e. The van der Waals surface area contributed by atoms with Gasteiger partial charge >= 0.3 is 0 Å². The third-order valence-electron chi connectivity index (χ3n) is 3.61. The zero-order chi connectivity index (χ0) is 17.2. The van der Waals surface area contributed by atoms with Crippen molar-refractivity contribution < 1.29 is 4.74 Å². The Morgan fingerprint density at radius 2 is 1.96 bits per heavy atom. The van der Waals surface area contributed by atoms with Gasteiger partial charge in [0.25, 0.3) is 5.43 Å². The van der Waals surface area contributed by atoms with E-state index in [-0.39, 0.29) is 16.9 Å². The first-order valence-corrected chi connectivity index (χ1v) is 8.33. The maximum Gasteiger partial charge on any atom is 0.251 e. The predicted octanol–water partition coefficient (Wildman–Crippen LogP) is 2.55. The fraction of sp³-hybridized carbons (Fsp3) is 0.0588. The summed E-state index contributed by atoms with van der Waals surface area (Å²) in [5.74, 6) is 0.195. The third-order valence-corrected chi connectivity index (χ3v) is 4.37. The van der Waals surface area contributed by atoms with Crippen LogP contribution >= 0.6 is 11.3 Å². The van der Waals surface area contributed by atoms with Gasteiger partial charge in [0.2, 0.25) is 5.13 Å². The lowest BCUT2D eigenvalue weighted by molar-refractivity contribution is 0.405. The first kappa shape index (κ1) is 15.3. The van der Waals surface area contributed by atoms with Crippen molar-refractivity contribution in [2.45, 2.75) is 0 Å². The second-order valence-corrected chi connectivity index (χ2v) is 5.97. The highest BCUT2D eigenvalue weighted by atomic mass is 32.1. The summed E-state index contributed by atoms with van der Waals surface area (Å²) >= 11 is 1.42. The number of methoxy groups -OCH3 is 1. The van der Waals surface area contributed by atoms with Gasteiger partial charge in [-0.05, 0) is 18.2 Å². The van der Waals surface area contributed by atoms with Crippen molar-refractivity contribution in [3.05, 3.63) is 70.6 Å². The van der Waals surface area contributed by atoms with Gasteiger partial charge < -0.3 is 4.74 Å². The molecule has 0 fully saturated rings. The molecule has 124 valence electrons. The summed E-state index contributed by atoms with van der Waals surface area (Å²) in [6.45, 7) is 0. The van der Waals surface area contributed by atoms with E-state index in [1.54, 1.807) is 27.8 Å². The molecule has 25 heavy (non-hydrogen) atoms. The van der Waals surface area contributed by atoms with Crippen LogP contribution in [0.1, 0.15) is 0 Å².